The minimum atomic E-state index is -1.13. The second-order valence-corrected chi connectivity index (χ2v) is 17.9. The Kier molecular flexibility index (Phi) is 8.15. The van der Waals surface area contributed by atoms with Crippen LogP contribution in [0.2, 0.25) is 25.7 Å². The fraction of sp³-hybridized carbons (Fsp3) is 0.567. The number of aromatic nitrogens is 1. The zero-order valence-electron chi connectivity index (χ0n) is 23.7. The number of nitriles is 1. The van der Waals surface area contributed by atoms with Crippen molar-refractivity contribution in [1.29, 1.82) is 5.26 Å². The number of likely N-dealkylation sites (N-methyl/N-ethyl adjacent to an activating group) is 1. The molecule has 3 aliphatic rings. The van der Waals surface area contributed by atoms with Crippen molar-refractivity contribution < 1.29 is 14.3 Å². The number of ether oxygens (including phenoxy) is 2. The summed E-state index contributed by atoms with van der Waals surface area (Å²) in [5.74, 6) is 1.71. The van der Waals surface area contributed by atoms with Gasteiger partial charge in [-0.1, -0.05) is 31.8 Å². The molecule has 0 spiro atoms. The molecule has 2 heterocycles. The van der Waals surface area contributed by atoms with E-state index in [-0.39, 0.29) is 18.7 Å². The summed E-state index contributed by atoms with van der Waals surface area (Å²) < 4.78 is 12.0. The number of anilines is 3. The largest absolute Gasteiger partial charge is 0.465 e. The lowest BCUT2D eigenvalue weighted by Crippen LogP contribution is -2.51. The Morgan fingerprint density at radius 1 is 1.05 bits per heavy atom. The first kappa shape index (κ1) is 27.5. The summed E-state index contributed by atoms with van der Waals surface area (Å²) in [6, 6.07) is 16.4. The summed E-state index contributed by atoms with van der Waals surface area (Å²) in [7, 11) is 0.659. The topological polar surface area (TPSA) is 81.9 Å². The van der Waals surface area contributed by atoms with E-state index < -0.39 is 8.07 Å². The van der Waals surface area contributed by atoms with Crippen molar-refractivity contribution in [2.45, 2.75) is 82.3 Å². The zero-order valence-corrected chi connectivity index (χ0v) is 24.7. The molecule has 8 nitrogen and oxygen atoms in total. The lowest BCUT2D eigenvalue weighted by atomic mass is 9.88. The lowest BCUT2D eigenvalue weighted by molar-refractivity contribution is -0.117. The highest BCUT2D eigenvalue weighted by atomic mass is 28.3. The molecule has 0 unspecified atom stereocenters. The van der Waals surface area contributed by atoms with Crippen molar-refractivity contribution >= 4 is 31.2 Å². The molecule has 2 saturated carbocycles. The van der Waals surface area contributed by atoms with Crippen molar-refractivity contribution in [1.82, 2.24) is 4.98 Å². The summed E-state index contributed by atoms with van der Waals surface area (Å²) in [6.07, 6.45) is 6.45. The third-order valence-electron chi connectivity index (χ3n) is 8.16. The zero-order chi connectivity index (χ0) is 27.6. The average molecular weight is 548 g/mol. The average Bonchev–Trinajstić information content (AvgIpc) is 3.76. The fourth-order valence-corrected chi connectivity index (χ4v) is 6.52. The van der Waals surface area contributed by atoms with Crippen LogP contribution in [0.4, 0.5) is 17.2 Å². The van der Waals surface area contributed by atoms with Crippen LogP contribution >= 0.6 is 0 Å². The van der Waals surface area contributed by atoms with Crippen LogP contribution in [0.1, 0.15) is 44.2 Å². The van der Waals surface area contributed by atoms with Crippen molar-refractivity contribution in [2.24, 2.45) is 0 Å². The fourth-order valence-electron chi connectivity index (χ4n) is 5.77. The number of rotatable bonds is 10. The molecule has 1 aliphatic heterocycles. The van der Waals surface area contributed by atoms with Crippen molar-refractivity contribution in [3.8, 4) is 11.8 Å². The van der Waals surface area contributed by atoms with Gasteiger partial charge in [0.1, 0.15) is 17.5 Å². The maximum atomic E-state index is 12.8. The molecule has 208 valence electrons. The van der Waals surface area contributed by atoms with Gasteiger partial charge in [0.25, 0.3) is 0 Å². The Balaban J connectivity index is 1.26. The van der Waals surface area contributed by atoms with Crippen molar-refractivity contribution in [3.05, 3.63) is 42.1 Å². The van der Waals surface area contributed by atoms with Crippen molar-refractivity contribution in [3.63, 3.8) is 0 Å². The van der Waals surface area contributed by atoms with Crippen LogP contribution in [-0.2, 0) is 9.53 Å². The molecule has 1 aromatic heterocycles. The number of carbonyl (C=O) groups is 1. The third kappa shape index (κ3) is 6.39. The number of para-hydroxylation sites is 2. The number of amides is 1. The molecule has 0 radical (unpaired) electrons. The summed E-state index contributed by atoms with van der Waals surface area (Å²) in [5.41, 5.74) is 2.33. The number of hydrogen-bond donors (Lipinski definition) is 0. The van der Waals surface area contributed by atoms with E-state index in [1.165, 1.54) is 12.8 Å². The van der Waals surface area contributed by atoms with Gasteiger partial charge in [-0.05, 0) is 68.8 Å². The Bertz CT molecular complexity index is 1210. The minimum Gasteiger partial charge on any atom is -0.465 e. The van der Waals surface area contributed by atoms with E-state index in [1.54, 1.807) is 18.0 Å². The number of benzene rings is 1. The van der Waals surface area contributed by atoms with Crippen LogP contribution in [0, 0.1) is 11.3 Å². The van der Waals surface area contributed by atoms with Gasteiger partial charge in [-0.25, -0.2) is 4.98 Å². The van der Waals surface area contributed by atoms with E-state index >= 15 is 0 Å². The van der Waals surface area contributed by atoms with Gasteiger partial charge in [-0.3, -0.25) is 4.79 Å². The number of nitrogens with zero attached hydrogens (tertiary/aromatic N) is 5. The maximum absolute atomic E-state index is 12.8. The van der Waals surface area contributed by atoms with Crippen LogP contribution in [0.3, 0.4) is 0 Å². The second kappa shape index (κ2) is 11.6. The number of fused-ring (bicyclic) bond motifs is 1. The molecule has 5 rings (SSSR count). The predicted molar refractivity (Wildman–Crippen MR) is 157 cm³/mol. The predicted octanol–water partition coefficient (Wildman–Crippen LogP) is 5.41. The van der Waals surface area contributed by atoms with Crippen LogP contribution < -0.4 is 19.4 Å². The maximum Gasteiger partial charge on any atom is 0.246 e. The highest BCUT2D eigenvalue weighted by molar-refractivity contribution is 6.76. The molecule has 0 saturated heterocycles. The van der Waals surface area contributed by atoms with Crippen LogP contribution in [0.15, 0.2) is 36.4 Å². The van der Waals surface area contributed by atoms with Crippen molar-refractivity contribution in [2.75, 3.05) is 41.7 Å². The Hall–Kier alpha value is -3.09. The SMILES string of the molecule is CN1C(=O)CN(C2CCC(N(c3ccccc3OCOCC[Si](C)(C)C)C3CC3)CC2)c2nc(C#N)ccc21. The van der Waals surface area contributed by atoms with Gasteiger partial charge in [0, 0.05) is 39.9 Å². The van der Waals surface area contributed by atoms with E-state index in [1.807, 2.05) is 12.1 Å². The third-order valence-corrected chi connectivity index (χ3v) is 9.86. The number of pyridine rings is 1. The Labute approximate surface area is 233 Å². The van der Waals surface area contributed by atoms with Crippen LogP contribution in [-0.4, -0.2) is 64.1 Å². The summed E-state index contributed by atoms with van der Waals surface area (Å²) in [4.78, 5) is 23.8. The molecule has 2 aromatic rings. The van der Waals surface area contributed by atoms with Crippen LogP contribution in [0.25, 0.3) is 0 Å². The quantitative estimate of drug-likeness (QED) is 0.224. The van der Waals surface area contributed by atoms with E-state index in [9.17, 15) is 10.1 Å². The number of carbonyl (C=O) groups excluding carboxylic acids is 1. The molecular formula is C30H41N5O3Si. The van der Waals surface area contributed by atoms with Gasteiger partial charge in [0.15, 0.2) is 12.6 Å². The first-order valence-electron chi connectivity index (χ1n) is 14.3. The Morgan fingerprint density at radius 3 is 2.41 bits per heavy atom. The first-order chi connectivity index (χ1) is 18.7. The van der Waals surface area contributed by atoms with Crippen LogP contribution in [0.5, 0.6) is 5.75 Å². The highest BCUT2D eigenvalue weighted by Crippen LogP contribution is 2.43. The second-order valence-electron chi connectivity index (χ2n) is 12.3. The van der Waals surface area contributed by atoms with E-state index in [0.717, 1.165) is 61.3 Å². The molecule has 2 fully saturated rings. The molecule has 39 heavy (non-hydrogen) atoms. The van der Waals surface area contributed by atoms with Gasteiger partial charge in [-0.2, -0.15) is 5.26 Å². The first-order valence-corrected chi connectivity index (χ1v) is 18.0. The Morgan fingerprint density at radius 2 is 1.74 bits per heavy atom. The van der Waals surface area contributed by atoms with Gasteiger partial charge in [0.05, 0.1) is 17.9 Å². The number of hydrogen-bond acceptors (Lipinski definition) is 7. The minimum absolute atomic E-state index is 0.0638. The smallest absolute Gasteiger partial charge is 0.246 e. The molecule has 0 bridgehead atoms. The standard InChI is InChI=1S/C30H41N5O3Si/c1-33-27-16-9-22(19-31)32-30(27)34(20-29(33)36)23-10-12-24(13-11-23)35(25-14-15-25)26-7-5-6-8-28(26)38-21-37-17-18-39(2,3)4/h5-9,16,23-25H,10-15,17-18,20-21H2,1-4H3. The molecule has 1 amide bonds. The molecule has 1 aromatic carbocycles. The molecule has 0 atom stereocenters. The highest BCUT2D eigenvalue weighted by Gasteiger charge is 2.40. The molecule has 2 aliphatic carbocycles. The molecule has 9 heteroatoms. The van der Waals surface area contributed by atoms with Gasteiger partial charge in [0.2, 0.25) is 5.91 Å². The van der Waals surface area contributed by atoms with E-state index in [4.69, 9.17) is 9.47 Å². The molecular weight excluding hydrogens is 506 g/mol. The normalized spacial score (nSPS) is 21.4. The van der Waals surface area contributed by atoms with E-state index in [0.29, 0.717) is 24.3 Å². The lowest BCUT2D eigenvalue weighted by Gasteiger charge is -2.44. The van der Waals surface area contributed by atoms with Gasteiger partial charge >= 0.3 is 0 Å². The molecule has 0 N–H and O–H groups in total. The van der Waals surface area contributed by atoms with Gasteiger partial charge < -0.3 is 24.2 Å². The summed E-state index contributed by atoms with van der Waals surface area (Å²) in [6.45, 7) is 8.40. The van der Waals surface area contributed by atoms with E-state index in [2.05, 4.69) is 58.7 Å². The van der Waals surface area contributed by atoms with Gasteiger partial charge in [-0.15, -0.1) is 0 Å². The summed E-state index contributed by atoms with van der Waals surface area (Å²) in [5, 5.41) is 9.42. The summed E-state index contributed by atoms with van der Waals surface area (Å²) >= 11 is 0. The monoisotopic (exact) mass is 547 g/mol.